The van der Waals surface area contributed by atoms with Crippen LogP contribution in [-0.2, 0) is 15.1 Å². The molecule has 0 bridgehead atoms. The van der Waals surface area contributed by atoms with Crippen LogP contribution in [0.3, 0.4) is 0 Å². The Hall–Kier alpha value is -3.02. The van der Waals surface area contributed by atoms with Crippen molar-refractivity contribution in [3.63, 3.8) is 0 Å². The third-order valence-corrected chi connectivity index (χ3v) is 6.51. The number of hydrogen-bond donors (Lipinski definition) is 1. The number of rotatable bonds is 9. The predicted octanol–water partition coefficient (Wildman–Crippen LogP) is 4.52. The lowest BCUT2D eigenvalue weighted by atomic mass is 9.86. The summed E-state index contributed by atoms with van der Waals surface area (Å²) in [5.74, 6) is -0.619. The molecule has 172 valence electrons. The zero-order valence-electron chi connectivity index (χ0n) is 19.0. The first-order valence-corrected chi connectivity index (χ1v) is 11.8. The zero-order valence-corrected chi connectivity index (χ0v) is 19.0. The highest BCUT2D eigenvalue weighted by molar-refractivity contribution is 5.85. The number of piperidine rings is 1. The van der Waals surface area contributed by atoms with Crippen LogP contribution in [0.2, 0.25) is 0 Å². The molecule has 1 saturated heterocycles. The quantitative estimate of drug-likeness (QED) is 0.492. The molecule has 0 unspecified atom stereocenters. The fourth-order valence-electron chi connectivity index (χ4n) is 4.55. The molecule has 2 heterocycles. The van der Waals surface area contributed by atoms with Crippen molar-refractivity contribution in [2.45, 2.75) is 37.2 Å². The van der Waals surface area contributed by atoms with Gasteiger partial charge in [-0.05, 0) is 67.7 Å². The molecule has 0 amide bonds. The molecule has 0 radical (unpaired) electrons. The predicted molar refractivity (Wildman–Crippen MR) is 129 cm³/mol. The largest absolute Gasteiger partial charge is 0.462 e. The fourth-order valence-corrected chi connectivity index (χ4v) is 4.55. The Morgan fingerprint density at radius 3 is 2.06 bits per heavy atom. The van der Waals surface area contributed by atoms with Crippen LogP contribution in [0, 0.1) is 0 Å². The molecule has 1 aromatic heterocycles. The van der Waals surface area contributed by atoms with Crippen molar-refractivity contribution in [3.05, 3.63) is 102 Å². The van der Waals surface area contributed by atoms with Crippen LogP contribution in [-0.4, -0.2) is 47.2 Å². The number of nitrogens with zero attached hydrogens (tertiary/aromatic N) is 2. The Balaban J connectivity index is 1.52. The van der Waals surface area contributed by atoms with Gasteiger partial charge < -0.3 is 14.7 Å². The highest BCUT2D eigenvalue weighted by atomic mass is 16.5. The molecule has 1 N–H and O–H groups in total. The molecular formula is C28H32N2O3. The van der Waals surface area contributed by atoms with E-state index in [-0.39, 0.29) is 12.5 Å². The van der Waals surface area contributed by atoms with Gasteiger partial charge in [0.15, 0.2) is 0 Å². The maximum atomic E-state index is 13.4. The van der Waals surface area contributed by atoms with Gasteiger partial charge in [0, 0.05) is 18.3 Å². The number of ether oxygens (including phenoxy) is 1. The lowest BCUT2D eigenvalue weighted by Crippen LogP contribution is -2.39. The van der Waals surface area contributed by atoms with Gasteiger partial charge in [0.05, 0.1) is 6.61 Å². The maximum absolute atomic E-state index is 13.4. The van der Waals surface area contributed by atoms with Crippen LogP contribution < -0.4 is 0 Å². The van der Waals surface area contributed by atoms with Gasteiger partial charge in [-0.15, -0.1) is 0 Å². The fraction of sp³-hybridized carbons (Fsp3) is 0.357. The second kappa shape index (κ2) is 11.2. The number of aromatic nitrogens is 1. The van der Waals surface area contributed by atoms with Crippen molar-refractivity contribution < 1.29 is 14.6 Å². The SMILES string of the molecule is O=C(OC[C@H](CCN1CCCCC1)c1ccncc1)C(O)(c1ccccc1)c1ccccc1. The maximum Gasteiger partial charge on any atom is 0.347 e. The molecule has 5 nitrogen and oxygen atoms in total. The molecule has 1 aliphatic rings. The minimum absolute atomic E-state index is 0.0367. The first kappa shape index (κ1) is 23.1. The normalized spacial score (nSPS) is 15.7. The summed E-state index contributed by atoms with van der Waals surface area (Å²) in [5, 5.41) is 11.6. The van der Waals surface area contributed by atoms with Crippen molar-refractivity contribution in [1.82, 2.24) is 9.88 Å². The smallest absolute Gasteiger partial charge is 0.347 e. The van der Waals surface area contributed by atoms with Crippen molar-refractivity contribution in [2.75, 3.05) is 26.2 Å². The summed E-state index contributed by atoms with van der Waals surface area (Å²) in [5.41, 5.74) is 0.223. The minimum Gasteiger partial charge on any atom is -0.462 e. The van der Waals surface area contributed by atoms with Gasteiger partial charge in [0.1, 0.15) is 0 Å². The number of aliphatic hydroxyl groups is 1. The molecular weight excluding hydrogens is 412 g/mol. The Labute approximate surface area is 196 Å². The number of carbonyl (C=O) groups excluding carboxylic acids is 1. The van der Waals surface area contributed by atoms with E-state index in [1.807, 2.05) is 48.5 Å². The number of carbonyl (C=O) groups is 1. The number of likely N-dealkylation sites (tertiary alicyclic amines) is 1. The standard InChI is InChI=1S/C28H32N2O3/c31-27(28(32,25-10-4-1-5-11-25)26-12-6-2-7-13-26)33-22-24(23-14-17-29-18-15-23)16-21-30-19-8-3-9-20-30/h1-2,4-7,10-15,17-18,24,32H,3,8-9,16,19-22H2/t24-/m0/s1. The van der Waals surface area contributed by atoms with Gasteiger partial charge in [0.2, 0.25) is 5.60 Å². The molecule has 4 rings (SSSR count). The molecule has 0 aliphatic carbocycles. The van der Waals surface area contributed by atoms with Gasteiger partial charge >= 0.3 is 5.97 Å². The van der Waals surface area contributed by atoms with Crippen molar-refractivity contribution in [3.8, 4) is 0 Å². The van der Waals surface area contributed by atoms with Crippen LogP contribution in [0.4, 0.5) is 0 Å². The molecule has 1 fully saturated rings. The second-order valence-corrected chi connectivity index (χ2v) is 8.71. The van der Waals surface area contributed by atoms with E-state index < -0.39 is 11.6 Å². The molecule has 0 saturated carbocycles. The van der Waals surface area contributed by atoms with Crippen molar-refractivity contribution in [1.29, 1.82) is 0 Å². The molecule has 3 aromatic rings. The van der Waals surface area contributed by atoms with Gasteiger partial charge in [-0.3, -0.25) is 4.98 Å². The number of benzene rings is 2. The average molecular weight is 445 g/mol. The lowest BCUT2D eigenvalue weighted by Gasteiger charge is -2.30. The van der Waals surface area contributed by atoms with E-state index in [1.165, 1.54) is 19.3 Å². The average Bonchev–Trinajstić information content (AvgIpc) is 2.90. The van der Waals surface area contributed by atoms with Gasteiger partial charge in [-0.25, -0.2) is 4.79 Å². The summed E-state index contributed by atoms with van der Waals surface area (Å²) in [4.78, 5) is 20.0. The Kier molecular flexibility index (Phi) is 7.87. The first-order valence-electron chi connectivity index (χ1n) is 11.8. The highest BCUT2D eigenvalue weighted by Crippen LogP contribution is 2.32. The van der Waals surface area contributed by atoms with Crippen molar-refractivity contribution in [2.24, 2.45) is 0 Å². The molecule has 33 heavy (non-hydrogen) atoms. The zero-order chi connectivity index (χ0) is 22.9. The van der Waals surface area contributed by atoms with Crippen molar-refractivity contribution >= 4 is 5.97 Å². The second-order valence-electron chi connectivity index (χ2n) is 8.71. The van der Waals surface area contributed by atoms with Gasteiger partial charge in [-0.1, -0.05) is 67.1 Å². The van der Waals surface area contributed by atoms with E-state index in [4.69, 9.17) is 4.74 Å². The minimum atomic E-state index is -1.86. The molecule has 1 aliphatic heterocycles. The van der Waals surface area contributed by atoms with Crippen LogP contribution in [0.5, 0.6) is 0 Å². The summed E-state index contributed by atoms with van der Waals surface area (Å²) in [6.07, 6.45) is 8.22. The lowest BCUT2D eigenvalue weighted by molar-refractivity contribution is -0.162. The van der Waals surface area contributed by atoms with Gasteiger partial charge in [-0.2, -0.15) is 0 Å². The summed E-state index contributed by atoms with van der Waals surface area (Å²) in [6.45, 7) is 3.43. The topological polar surface area (TPSA) is 62.7 Å². The Morgan fingerprint density at radius 2 is 1.48 bits per heavy atom. The monoisotopic (exact) mass is 444 g/mol. The number of esters is 1. The first-order chi connectivity index (χ1) is 16.2. The van der Waals surface area contributed by atoms with Crippen LogP contribution in [0.1, 0.15) is 48.3 Å². The van der Waals surface area contributed by atoms with Gasteiger partial charge in [0.25, 0.3) is 0 Å². The van der Waals surface area contributed by atoms with Crippen LogP contribution >= 0.6 is 0 Å². The molecule has 2 aromatic carbocycles. The molecule has 1 atom stereocenters. The third kappa shape index (κ3) is 5.67. The van der Waals surface area contributed by atoms with E-state index in [1.54, 1.807) is 36.7 Å². The van der Waals surface area contributed by atoms with E-state index in [0.717, 1.165) is 31.6 Å². The van der Waals surface area contributed by atoms with E-state index in [2.05, 4.69) is 9.88 Å². The summed E-state index contributed by atoms with van der Waals surface area (Å²) in [7, 11) is 0. The molecule has 0 spiro atoms. The summed E-state index contributed by atoms with van der Waals surface area (Å²) in [6, 6.07) is 22.0. The van der Waals surface area contributed by atoms with Crippen LogP contribution in [0.15, 0.2) is 85.2 Å². The van der Waals surface area contributed by atoms with Crippen LogP contribution in [0.25, 0.3) is 0 Å². The van der Waals surface area contributed by atoms with E-state index in [0.29, 0.717) is 11.1 Å². The number of pyridine rings is 1. The third-order valence-electron chi connectivity index (χ3n) is 6.51. The summed E-state index contributed by atoms with van der Waals surface area (Å²) < 4.78 is 5.84. The van der Waals surface area contributed by atoms with E-state index >= 15 is 0 Å². The van der Waals surface area contributed by atoms with E-state index in [9.17, 15) is 9.90 Å². The number of hydrogen-bond acceptors (Lipinski definition) is 5. The Bertz CT molecular complexity index is 950. The highest BCUT2D eigenvalue weighted by Gasteiger charge is 2.41. The molecule has 5 heteroatoms. The Morgan fingerprint density at radius 1 is 0.909 bits per heavy atom. The summed E-state index contributed by atoms with van der Waals surface area (Å²) >= 11 is 0.